The molecule has 4 aromatic rings. The van der Waals surface area contributed by atoms with Gasteiger partial charge in [-0.15, -0.1) is 11.3 Å². The second-order valence-electron chi connectivity index (χ2n) is 6.34. The van der Waals surface area contributed by atoms with Gasteiger partial charge in [-0.1, -0.05) is 24.3 Å². The van der Waals surface area contributed by atoms with Gasteiger partial charge in [-0.2, -0.15) is 0 Å². The summed E-state index contributed by atoms with van der Waals surface area (Å²) in [5.74, 6) is 0.329. The maximum Gasteiger partial charge on any atom is 0.297 e. The van der Waals surface area contributed by atoms with Crippen molar-refractivity contribution in [3.8, 4) is 5.75 Å². The van der Waals surface area contributed by atoms with Gasteiger partial charge in [0.1, 0.15) is 11.3 Å². The van der Waals surface area contributed by atoms with Crippen molar-refractivity contribution in [2.24, 2.45) is 0 Å². The van der Waals surface area contributed by atoms with Crippen LogP contribution in [0.4, 0.5) is 5.13 Å². The highest BCUT2D eigenvalue weighted by atomic mass is 32.1. The van der Waals surface area contributed by atoms with Crippen molar-refractivity contribution in [1.29, 1.82) is 0 Å². The minimum absolute atomic E-state index is 0.0618. The molecule has 0 aliphatic carbocycles. The molecule has 0 N–H and O–H groups in total. The van der Waals surface area contributed by atoms with Gasteiger partial charge in [0.2, 0.25) is 5.76 Å². The SMILES string of the molecule is COc1cccc([C@H]2c3c(oc4ccccc4c3=O)C(=O)N2c2nccs2)c1. The molecule has 5 rings (SSSR count). The van der Waals surface area contributed by atoms with Gasteiger partial charge in [0.25, 0.3) is 5.91 Å². The number of nitrogens with zero attached hydrogens (tertiary/aromatic N) is 2. The number of amides is 1. The van der Waals surface area contributed by atoms with Gasteiger partial charge in [-0.3, -0.25) is 14.5 Å². The lowest BCUT2D eigenvalue weighted by Crippen LogP contribution is -2.29. The Hall–Kier alpha value is -3.45. The molecule has 28 heavy (non-hydrogen) atoms. The molecule has 6 nitrogen and oxygen atoms in total. The van der Waals surface area contributed by atoms with E-state index in [2.05, 4.69) is 4.98 Å². The lowest BCUT2D eigenvalue weighted by atomic mass is 9.98. The molecule has 1 amide bonds. The lowest BCUT2D eigenvalue weighted by Gasteiger charge is -2.22. The number of rotatable bonds is 3. The number of para-hydroxylation sites is 1. The minimum Gasteiger partial charge on any atom is -0.497 e. The van der Waals surface area contributed by atoms with Crippen LogP contribution in [0.3, 0.4) is 0 Å². The van der Waals surface area contributed by atoms with Crippen LogP contribution in [0.2, 0.25) is 0 Å². The monoisotopic (exact) mass is 390 g/mol. The first kappa shape index (κ1) is 16.7. The fourth-order valence-corrected chi connectivity index (χ4v) is 4.25. The van der Waals surface area contributed by atoms with Crippen molar-refractivity contribution < 1.29 is 13.9 Å². The fourth-order valence-electron chi connectivity index (χ4n) is 3.58. The van der Waals surface area contributed by atoms with Gasteiger partial charge >= 0.3 is 0 Å². The molecule has 138 valence electrons. The molecule has 2 aromatic carbocycles. The Kier molecular flexibility index (Phi) is 3.77. The van der Waals surface area contributed by atoms with Crippen LogP contribution in [0.1, 0.15) is 27.7 Å². The summed E-state index contributed by atoms with van der Waals surface area (Å²) in [5, 5.41) is 2.75. The summed E-state index contributed by atoms with van der Waals surface area (Å²) < 4.78 is 11.2. The van der Waals surface area contributed by atoms with Crippen LogP contribution in [-0.2, 0) is 0 Å². The highest BCUT2D eigenvalue weighted by molar-refractivity contribution is 7.13. The number of anilines is 1. The van der Waals surface area contributed by atoms with E-state index in [0.717, 1.165) is 5.56 Å². The maximum absolute atomic E-state index is 13.3. The molecule has 1 aliphatic heterocycles. The number of hydrogen-bond donors (Lipinski definition) is 0. The lowest BCUT2D eigenvalue weighted by molar-refractivity contribution is 0.0971. The van der Waals surface area contributed by atoms with E-state index in [-0.39, 0.29) is 17.1 Å². The summed E-state index contributed by atoms with van der Waals surface area (Å²) in [4.78, 5) is 32.4. The molecule has 7 heteroatoms. The Morgan fingerprint density at radius 3 is 2.79 bits per heavy atom. The standard InChI is InChI=1S/C21H14N2O4S/c1-26-13-6-4-5-12(11-13)17-16-18(24)14-7-2-3-8-15(14)27-19(16)20(25)23(17)21-22-9-10-28-21/h2-11,17H,1H3/t17-/m0/s1. The van der Waals surface area contributed by atoms with Crippen LogP contribution in [0.15, 0.2) is 69.3 Å². The van der Waals surface area contributed by atoms with Gasteiger partial charge in [0, 0.05) is 11.6 Å². The quantitative estimate of drug-likeness (QED) is 0.529. The molecule has 0 spiro atoms. The zero-order chi connectivity index (χ0) is 19.3. The molecule has 0 unspecified atom stereocenters. The number of hydrogen-bond acceptors (Lipinski definition) is 6. The second-order valence-corrected chi connectivity index (χ2v) is 7.21. The third kappa shape index (κ3) is 2.36. The number of methoxy groups -OCH3 is 1. The topological polar surface area (TPSA) is 72.6 Å². The summed E-state index contributed by atoms with van der Waals surface area (Å²) in [5.41, 5.74) is 1.26. The number of benzene rings is 2. The Morgan fingerprint density at radius 2 is 2.00 bits per heavy atom. The predicted octanol–water partition coefficient (Wildman–Crippen LogP) is 4.01. The van der Waals surface area contributed by atoms with Gasteiger partial charge < -0.3 is 9.15 Å². The molecule has 0 radical (unpaired) electrons. The zero-order valence-corrected chi connectivity index (χ0v) is 15.6. The second kappa shape index (κ2) is 6.31. The Labute approximate surface area is 163 Å². The van der Waals surface area contributed by atoms with Gasteiger partial charge in [-0.05, 0) is 29.8 Å². The number of carbonyl (C=O) groups is 1. The van der Waals surface area contributed by atoms with E-state index < -0.39 is 6.04 Å². The average molecular weight is 390 g/mol. The van der Waals surface area contributed by atoms with Gasteiger partial charge in [-0.25, -0.2) is 4.98 Å². The Bertz CT molecular complexity index is 1260. The number of ether oxygens (including phenoxy) is 1. The molecule has 1 atom stereocenters. The largest absolute Gasteiger partial charge is 0.497 e. The van der Waals surface area contributed by atoms with Crippen LogP contribution in [0, 0.1) is 0 Å². The Balaban J connectivity index is 1.83. The molecular formula is C21H14N2O4S. The number of fused-ring (bicyclic) bond motifs is 2. The molecule has 0 fully saturated rings. The van der Waals surface area contributed by atoms with Gasteiger partial charge in [0.05, 0.1) is 24.1 Å². The first-order valence-corrected chi connectivity index (χ1v) is 9.49. The van der Waals surface area contributed by atoms with Crippen LogP contribution in [-0.4, -0.2) is 18.0 Å². The average Bonchev–Trinajstić information content (AvgIpc) is 3.35. The van der Waals surface area contributed by atoms with Crippen LogP contribution < -0.4 is 15.1 Å². The summed E-state index contributed by atoms with van der Waals surface area (Å²) in [6, 6.07) is 13.7. The molecule has 0 saturated heterocycles. The summed E-state index contributed by atoms with van der Waals surface area (Å²) >= 11 is 1.33. The van der Waals surface area contributed by atoms with E-state index in [4.69, 9.17) is 9.15 Å². The highest BCUT2D eigenvalue weighted by Gasteiger charge is 2.44. The predicted molar refractivity (Wildman–Crippen MR) is 106 cm³/mol. The zero-order valence-electron chi connectivity index (χ0n) is 14.8. The van der Waals surface area contributed by atoms with Gasteiger partial charge in [0.15, 0.2) is 10.6 Å². The van der Waals surface area contributed by atoms with Crippen molar-refractivity contribution in [1.82, 2.24) is 4.98 Å². The molecule has 0 saturated carbocycles. The highest BCUT2D eigenvalue weighted by Crippen LogP contribution is 2.42. The molecule has 1 aliphatic rings. The first-order valence-electron chi connectivity index (χ1n) is 8.62. The van der Waals surface area contributed by atoms with Crippen molar-refractivity contribution in [2.75, 3.05) is 12.0 Å². The summed E-state index contributed by atoms with van der Waals surface area (Å²) in [7, 11) is 1.58. The fraction of sp³-hybridized carbons (Fsp3) is 0.0952. The molecular weight excluding hydrogens is 376 g/mol. The number of aromatic nitrogens is 1. The van der Waals surface area contributed by atoms with E-state index in [0.29, 0.717) is 27.4 Å². The van der Waals surface area contributed by atoms with Crippen molar-refractivity contribution in [3.05, 3.63) is 87.2 Å². The minimum atomic E-state index is -0.635. The molecule has 2 aromatic heterocycles. The van der Waals surface area contributed by atoms with Crippen LogP contribution in [0.25, 0.3) is 11.0 Å². The number of thiazole rings is 1. The summed E-state index contributed by atoms with van der Waals surface area (Å²) in [6.45, 7) is 0. The smallest absolute Gasteiger partial charge is 0.297 e. The third-order valence-electron chi connectivity index (χ3n) is 4.81. The van der Waals surface area contributed by atoms with Crippen LogP contribution in [0.5, 0.6) is 5.75 Å². The van der Waals surface area contributed by atoms with Crippen molar-refractivity contribution >= 4 is 33.3 Å². The normalized spacial score (nSPS) is 15.8. The Morgan fingerprint density at radius 1 is 1.14 bits per heavy atom. The van der Waals surface area contributed by atoms with Crippen molar-refractivity contribution in [3.63, 3.8) is 0 Å². The van der Waals surface area contributed by atoms with E-state index >= 15 is 0 Å². The molecule has 3 heterocycles. The molecule has 0 bridgehead atoms. The number of carbonyl (C=O) groups excluding carboxylic acids is 1. The van der Waals surface area contributed by atoms with Crippen LogP contribution >= 0.6 is 11.3 Å². The van der Waals surface area contributed by atoms with E-state index in [1.807, 2.05) is 24.3 Å². The van der Waals surface area contributed by atoms with E-state index in [1.165, 1.54) is 16.2 Å². The maximum atomic E-state index is 13.3. The van der Waals surface area contributed by atoms with E-state index in [1.54, 1.807) is 43.0 Å². The first-order chi connectivity index (χ1) is 13.7. The van der Waals surface area contributed by atoms with Crippen molar-refractivity contribution in [2.45, 2.75) is 6.04 Å². The third-order valence-corrected chi connectivity index (χ3v) is 5.58. The summed E-state index contributed by atoms with van der Waals surface area (Å²) in [6.07, 6.45) is 1.63. The van der Waals surface area contributed by atoms with E-state index in [9.17, 15) is 9.59 Å².